The first-order valence-corrected chi connectivity index (χ1v) is 6.79. The standard InChI is InChI=1S/C12H21N3S/c1-10(2)7-13-5-4-6-16-12-14-8-11(3)9-15-12/h8-10,13H,4-7H2,1-3H3. The third kappa shape index (κ3) is 6.08. The van der Waals surface area contributed by atoms with E-state index in [-0.39, 0.29) is 0 Å². The van der Waals surface area contributed by atoms with Crippen molar-refractivity contribution >= 4 is 11.8 Å². The van der Waals surface area contributed by atoms with E-state index in [0.717, 1.165) is 41.9 Å². The van der Waals surface area contributed by atoms with Crippen molar-refractivity contribution < 1.29 is 0 Å². The zero-order valence-electron chi connectivity index (χ0n) is 10.4. The van der Waals surface area contributed by atoms with Gasteiger partial charge in [-0.1, -0.05) is 25.6 Å². The van der Waals surface area contributed by atoms with E-state index in [4.69, 9.17) is 0 Å². The van der Waals surface area contributed by atoms with Gasteiger partial charge in [-0.3, -0.25) is 0 Å². The zero-order valence-corrected chi connectivity index (χ0v) is 11.2. The molecule has 0 radical (unpaired) electrons. The summed E-state index contributed by atoms with van der Waals surface area (Å²) in [5.41, 5.74) is 1.11. The minimum Gasteiger partial charge on any atom is -0.316 e. The molecule has 0 atom stereocenters. The van der Waals surface area contributed by atoms with Crippen molar-refractivity contribution in [1.29, 1.82) is 0 Å². The summed E-state index contributed by atoms with van der Waals surface area (Å²) in [5.74, 6) is 1.81. The monoisotopic (exact) mass is 239 g/mol. The third-order valence-electron chi connectivity index (χ3n) is 2.04. The molecule has 0 bridgehead atoms. The highest BCUT2D eigenvalue weighted by Gasteiger charge is 1.97. The van der Waals surface area contributed by atoms with Crippen LogP contribution < -0.4 is 5.32 Å². The summed E-state index contributed by atoms with van der Waals surface area (Å²) >= 11 is 1.73. The van der Waals surface area contributed by atoms with Crippen LogP contribution in [-0.2, 0) is 0 Å². The molecule has 0 aliphatic rings. The third-order valence-corrected chi connectivity index (χ3v) is 3.00. The largest absolute Gasteiger partial charge is 0.316 e. The van der Waals surface area contributed by atoms with E-state index in [1.807, 2.05) is 19.3 Å². The lowest BCUT2D eigenvalue weighted by Gasteiger charge is -2.06. The van der Waals surface area contributed by atoms with Crippen LogP contribution in [0.3, 0.4) is 0 Å². The Morgan fingerprint density at radius 3 is 2.62 bits per heavy atom. The Hall–Kier alpha value is -0.610. The van der Waals surface area contributed by atoms with Crippen LogP contribution in [0.4, 0.5) is 0 Å². The van der Waals surface area contributed by atoms with Gasteiger partial charge in [-0.05, 0) is 37.9 Å². The second-order valence-corrected chi connectivity index (χ2v) is 5.41. The van der Waals surface area contributed by atoms with E-state index in [1.54, 1.807) is 11.8 Å². The summed E-state index contributed by atoms with van der Waals surface area (Å²) in [6, 6.07) is 0. The van der Waals surface area contributed by atoms with Gasteiger partial charge >= 0.3 is 0 Å². The van der Waals surface area contributed by atoms with Crippen molar-refractivity contribution in [1.82, 2.24) is 15.3 Å². The number of rotatable bonds is 7. The maximum atomic E-state index is 4.26. The Balaban J connectivity index is 2.05. The summed E-state index contributed by atoms with van der Waals surface area (Å²) < 4.78 is 0. The molecule has 1 aromatic heterocycles. The van der Waals surface area contributed by atoms with Crippen molar-refractivity contribution in [3.63, 3.8) is 0 Å². The van der Waals surface area contributed by atoms with Gasteiger partial charge in [-0.2, -0.15) is 0 Å². The Kier molecular flexibility index (Phi) is 6.42. The number of hydrogen-bond acceptors (Lipinski definition) is 4. The van der Waals surface area contributed by atoms with Crippen molar-refractivity contribution in [3.8, 4) is 0 Å². The van der Waals surface area contributed by atoms with Crippen LogP contribution in [0.25, 0.3) is 0 Å². The summed E-state index contributed by atoms with van der Waals surface area (Å²) in [4.78, 5) is 8.51. The first-order valence-electron chi connectivity index (χ1n) is 5.80. The van der Waals surface area contributed by atoms with Crippen molar-refractivity contribution in [2.75, 3.05) is 18.8 Å². The number of nitrogens with zero attached hydrogens (tertiary/aromatic N) is 2. The van der Waals surface area contributed by atoms with Gasteiger partial charge in [0.15, 0.2) is 5.16 Å². The molecule has 0 spiro atoms. The first kappa shape index (κ1) is 13.5. The SMILES string of the molecule is Cc1cnc(SCCCNCC(C)C)nc1. The van der Waals surface area contributed by atoms with Gasteiger partial charge in [0, 0.05) is 18.1 Å². The Bertz CT molecular complexity index is 285. The van der Waals surface area contributed by atoms with E-state index in [9.17, 15) is 0 Å². The summed E-state index contributed by atoms with van der Waals surface area (Å²) in [7, 11) is 0. The lowest BCUT2D eigenvalue weighted by atomic mass is 10.2. The van der Waals surface area contributed by atoms with Gasteiger partial charge in [-0.25, -0.2) is 9.97 Å². The molecule has 4 heteroatoms. The van der Waals surface area contributed by atoms with Crippen LogP contribution in [0.1, 0.15) is 25.8 Å². The molecule has 0 aliphatic carbocycles. The molecule has 0 aliphatic heterocycles. The minimum atomic E-state index is 0.730. The van der Waals surface area contributed by atoms with Gasteiger partial charge in [0.1, 0.15) is 0 Å². The molecule has 0 aromatic carbocycles. The maximum absolute atomic E-state index is 4.26. The predicted molar refractivity (Wildman–Crippen MR) is 69.8 cm³/mol. The highest BCUT2D eigenvalue weighted by molar-refractivity contribution is 7.99. The lowest BCUT2D eigenvalue weighted by Crippen LogP contribution is -2.21. The first-order chi connectivity index (χ1) is 7.68. The molecule has 1 heterocycles. The summed E-state index contributed by atoms with van der Waals surface area (Å²) in [5, 5.41) is 4.31. The average Bonchev–Trinajstić information content (AvgIpc) is 2.25. The van der Waals surface area contributed by atoms with Crippen LogP contribution in [0, 0.1) is 12.8 Å². The molecule has 0 saturated carbocycles. The molecular formula is C12H21N3S. The second-order valence-electron chi connectivity index (χ2n) is 4.34. The topological polar surface area (TPSA) is 37.8 Å². The molecule has 1 N–H and O–H groups in total. The van der Waals surface area contributed by atoms with Crippen LogP contribution >= 0.6 is 11.8 Å². The number of aromatic nitrogens is 2. The van der Waals surface area contributed by atoms with Gasteiger partial charge < -0.3 is 5.32 Å². The van der Waals surface area contributed by atoms with Crippen molar-refractivity contribution in [2.45, 2.75) is 32.3 Å². The average molecular weight is 239 g/mol. The van der Waals surface area contributed by atoms with E-state index in [2.05, 4.69) is 29.1 Å². The predicted octanol–water partition coefficient (Wildman–Crippen LogP) is 2.51. The molecule has 16 heavy (non-hydrogen) atoms. The summed E-state index contributed by atoms with van der Waals surface area (Å²) in [6.45, 7) is 8.64. The quantitative estimate of drug-likeness (QED) is 0.451. The van der Waals surface area contributed by atoms with E-state index in [0.29, 0.717) is 0 Å². The summed E-state index contributed by atoms with van der Waals surface area (Å²) in [6.07, 6.45) is 4.90. The van der Waals surface area contributed by atoms with Gasteiger partial charge in [0.05, 0.1) is 0 Å². The van der Waals surface area contributed by atoms with E-state index >= 15 is 0 Å². The van der Waals surface area contributed by atoms with E-state index < -0.39 is 0 Å². The van der Waals surface area contributed by atoms with Crippen LogP contribution in [0.5, 0.6) is 0 Å². The lowest BCUT2D eigenvalue weighted by molar-refractivity contribution is 0.551. The molecule has 0 unspecified atom stereocenters. The Morgan fingerprint density at radius 1 is 1.31 bits per heavy atom. The molecule has 0 fully saturated rings. The molecule has 1 aromatic rings. The number of aryl methyl sites for hydroxylation is 1. The number of nitrogens with one attached hydrogen (secondary N) is 1. The zero-order chi connectivity index (χ0) is 11.8. The van der Waals surface area contributed by atoms with Crippen molar-refractivity contribution in [2.24, 2.45) is 5.92 Å². The maximum Gasteiger partial charge on any atom is 0.187 e. The Labute approximate surface area is 102 Å². The molecule has 1 rings (SSSR count). The molecule has 0 saturated heterocycles. The fourth-order valence-electron chi connectivity index (χ4n) is 1.21. The molecule has 3 nitrogen and oxygen atoms in total. The molecular weight excluding hydrogens is 218 g/mol. The second kappa shape index (κ2) is 7.63. The fourth-order valence-corrected chi connectivity index (χ4v) is 1.93. The highest BCUT2D eigenvalue weighted by atomic mass is 32.2. The fraction of sp³-hybridized carbons (Fsp3) is 0.667. The Morgan fingerprint density at radius 2 is 2.00 bits per heavy atom. The number of hydrogen-bond donors (Lipinski definition) is 1. The van der Waals surface area contributed by atoms with Crippen LogP contribution in [0.15, 0.2) is 17.6 Å². The minimum absolute atomic E-state index is 0.730. The highest BCUT2D eigenvalue weighted by Crippen LogP contribution is 2.12. The van der Waals surface area contributed by atoms with Gasteiger partial charge in [-0.15, -0.1) is 0 Å². The van der Waals surface area contributed by atoms with Crippen LogP contribution in [-0.4, -0.2) is 28.8 Å². The molecule has 0 amide bonds. The van der Waals surface area contributed by atoms with Gasteiger partial charge in [0.25, 0.3) is 0 Å². The molecule has 90 valence electrons. The van der Waals surface area contributed by atoms with Crippen LogP contribution in [0.2, 0.25) is 0 Å². The number of thioether (sulfide) groups is 1. The van der Waals surface area contributed by atoms with Gasteiger partial charge in [0.2, 0.25) is 0 Å². The normalized spacial score (nSPS) is 11.0. The van der Waals surface area contributed by atoms with E-state index in [1.165, 1.54) is 0 Å². The smallest absolute Gasteiger partial charge is 0.187 e. The van der Waals surface area contributed by atoms with Crippen molar-refractivity contribution in [3.05, 3.63) is 18.0 Å².